The number of benzene rings is 1. The molecule has 2 aromatic rings. The molecule has 0 saturated carbocycles. The summed E-state index contributed by atoms with van der Waals surface area (Å²) in [6, 6.07) is 3.96. The first-order valence-electron chi connectivity index (χ1n) is 5.17. The number of esters is 1. The van der Waals surface area contributed by atoms with Crippen molar-refractivity contribution >= 4 is 17.1 Å². The third-order valence-electron chi connectivity index (χ3n) is 2.34. The normalized spacial score (nSPS) is 12.6. The molecule has 6 nitrogen and oxygen atoms in total. The number of fused-ring (bicyclic) bond motifs is 1. The van der Waals surface area contributed by atoms with Crippen molar-refractivity contribution in [1.29, 1.82) is 0 Å². The van der Waals surface area contributed by atoms with Gasteiger partial charge in [0.15, 0.2) is 5.58 Å². The summed E-state index contributed by atoms with van der Waals surface area (Å²) in [5.41, 5.74) is 7.19. The molecule has 0 spiro atoms. The second-order valence-corrected chi connectivity index (χ2v) is 3.50. The van der Waals surface area contributed by atoms with Crippen LogP contribution in [-0.2, 0) is 9.53 Å². The van der Waals surface area contributed by atoms with Gasteiger partial charge in [-0.25, -0.2) is 9.59 Å². The molecule has 0 aliphatic rings. The molecule has 2 rings (SSSR count). The van der Waals surface area contributed by atoms with Gasteiger partial charge in [0.25, 0.3) is 0 Å². The summed E-state index contributed by atoms with van der Waals surface area (Å²) in [5, 5.41) is 0. The number of nitrogens with one attached hydrogen (secondary N) is 1. The van der Waals surface area contributed by atoms with Crippen LogP contribution in [-0.4, -0.2) is 17.6 Å². The van der Waals surface area contributed by atoms with Crippen LogP contribution < -0.4 is 11.5 Å². The molecule has 0 radical (unpaired) electrons. The summed E-state index contributed by atoms with van der Waals surface area (Å²) in [6.45, 7) is 1.98. The Hall–Kier alpha value is -2.08. The maximum absolute atomic E-state index is 11.4. The Morgan fingerprint density at radius 3 is 3.06 bits per heavy atom. The molecule has 0 fully saturated rings. The second-order valence-electron chi connectivity index (χ2n) is 3.50. The van der Waals surface area contributed by atoms with Gasteiger partial charge in [-0.3, -0.25) is 4.98 Å². The Bertz CT molecular complexity index is 599. The fraction of sp³-hybridized carbons (Fsp3) is 0.273. The van der Waals surface area contributed by atoms with E-state index < -0.39 is 17.8 Å². The van der Waals surface area contributed by atoms with Gasteiger partial charge >= 0.3 is 11.7 Å². The number of hydrogen-bond acceptors (Lipinski definition) is 5. The number of carbonyl (C=O) groups excluding carboxylic acids is 1. The van der Waals surface area contributed by atoms with E-state index in [1.54, 1.807) is 25.1 Å². The van der Waals surface area contributed by atoms with Crippen molar-refractivity contribution < 1.29 is 13.9 Å². The van der Waals surface area contributed by atoms with E-state index in [2.05, 4.69) is 4.98 Å². The number of aromatic nitrogens is 1. The monoisotopic (exact) mass is 236 g/mol. The number of aromatic amines is 1. The van der Waals surface area contributed by atoms with E-state index in [0.717, 1.165) is 0 Å². The topological polar surface area (TPSA) is 98.3 Å². The molecule has 0 bridgehead atoms. The highest BCUT2D eigenvalue weighted by molar-refractivity contribution is 5.80. The lowest BCUT2D eigenvalue weighted by atomic mass is 10.1. The minimum absolute atomic E-state index is 0.272. The van der Waals surface area contributed by atoms with Crippen LogP contribution in [0.15, 0.2) is 27.4 Å². The first kappa shape index (κ1) is 11.4. The number of H-pyrrole nitrogens is 1. The van der Waals surface area contributed by atoms with Crippen molar-refractivity contribution in [3.8, 4) is 0 Å². The van der Waals surface area contributed by atoms with E-state index in [-0.39, 0.29) is 6.61 Å². The van der Waals surface area contributed by atoms with Gasteiger partial charge in [0.05, 0.1) is 12.1 Å². The molecular formula is C11H12N2O4. The van der Waals surface area contributed by atoms with Crippen LogP contribution in [0, 0.1) is 0 Å². The number of carbonyl (C=O) groups is 1. The average Bonchev–Trinajstić information content (AvgIpc) is 2.67. The van der Waals surface area contributed by atoms with Crippen molar-refractivity contribution in [1.82, 2.24) is 4.98 Å². The van der Waals surface area contributed by atoms with Crippen molar-refractivity contribution in [2.45, 2.75) is 13.0 Å². The van der Waals surface area contributed by atoms with Crippen molar-refractivity contribution in [2.75, 3.05) is 6.61 Å². The Kier molecular flexibility index (Phi) is 2.97. The van der Waals surface area contributed by atoms with Crippen LogP contribution in [0.5, 0.6) is 0 Å². The molecule has 17 heavy (non-hydrogen) atoms. The van der Waals surface area contributed by atoms with Crippen LogP contribution in [0.2, 0.25) is 0 Å². The number of nitrogens with two attached hydrogens (primary N) is 1. The van der Waals surface area contributed by atoms with Gasteiger partial charge in [0, 0.05) is 0 Å². The highest BCUT2D eigenvalue weighted by atomic mass is 16.5. The molecule has 1 aromatic carbocycles. The van der Waals surface area contributed by atoms with Crippen molar-refractivity contribution in [3.05, 3.63) is 34.3 Å². The molecule has 0 amide bonds. The molecule has 0 aliphatic carbocycles. The summed E-state index contributed by atoms with van der Waals surface area (Å²) in [5.74, 6) is -1.05. The molecule has 90 valence electrons. The van der Waals surface area contributed by atoms with Crippen LogP contribution in [0.25, 0.3) is 11.1 Å². The van der Waals surface area contributed by atoms with E-state index in [4.69, 9.17) is 14.9 Å². The second kappa shape index (κ2) is 4.42. The van der Waals surface area contributed by atoms with Crippen LogP contribution in [0.3, 0.4) is 0 Å². The standard InChI is InChI=1S/C11H12N2O4/c1-2-16-10(14)9(12)6-3-4-7-8(5-6)17-11(15)13-7/h3-5,9H,2,12H2,1H3,(H,13,15). The van der Waals surface area contributed by atoms with Gasteiger partial charge in [-0.2, -0.15) is 0 Å². The molecule has 0 saturated heterocycles. The molecule has 1 heterocycles. The number of hydrogen-bond donors (Lipinski definition) is 2. The summed E-state index contributed by atoms with van der Waals surface area (Å²) < 4.78 is 9.69. The molecule has 1 atom stereocenters. The Labute approximate surface area is 96.4 Å². The lowest BCUT2D eigenvalue weighted by Gasteiger charge is -2.10. The third-order valence-corrected chi connectivity index (χ3v) is 2.34. The maximum atomic E-state index is 11.4. The number of rotatable bonds is 3. The van der Waals surface area contributed by atoms with Gasteiger partial charge in [-0.05, 0) is 24.6 Å². The largest absolute Gasteiger partial charge is 0.465 e. The molecule has 6 heteroatoms. The molecular weight excluding hydrogens is 224 g/mol. The SMILES string of the molecule is CCOC(=O)C(N)c1ccc2[nH]c(=O)oc2c1. The first-order chi connectivity index (χ1) is 8.11. The zero-order valence-electron chi connectivity index (χ0n) is 9.23. The molecule has 1 aromatic heterocycles. The minimum Gasteiger partial charge on any atom is -0.465 e. The quantitative estimate of drug-likeness (QED) is 0.764. The third kappa shape index (κ3) is 2.21. The summed E-state index contributed by atoms with van der Waals surface area (Å²) >= 11 is 0. The fourth-order valence-electron chi connectivity index (χ4n) is 1.52. The Morgan fingerprint density at radius 1 is 1.59 bits per heavy atom. The van der Waals surface area contributed by atoms with E-state index in [1.807, 2.05) is 0 Å². The number of oxazole rings is 1. The van der Waals surface area contributed by atoms with E-state index in [1.165, 1.54) is 0 Å². The Balaban J connectivity index is 2.35. The molecule has 3 N–H and O–H groups in total. The van der Waals surface area contributed by atoms with E-state index >= 15 is 0 Å². The van der Waals surface area contributed by atoms with Crippen molar-refractivity contribution in [3.63, 3.8) is 0 Å². The number of ether oxygens (including phenoxy) is 1. The van der Waals surface area contributed by atoms with Gasteiger partial charge in [-0.15, -0.1) is 0 Å². The maximum Gasteiger partial charge on any atom is 0.417 e. The van der Waals surface area contributed by atoms with Crippen LogP contribution in [0.1, 0.15) is 18.5 Å². The average molecular weight is 236 g/mol. The molecule has 0 aliphatic heterocycles. The minimum atomic E-state index is -0.875. The van der Waals surface area contributed by atoms with Gasteiger partial charge in [-0.1, -0.05) is 6.07 Å². The van der Waals surface area contributed by atoms with E-state index in [9.17, 15) is 9.59 Å². The fourth-order valence-corrected chi connectivity index (χ4v) is 1.52. The smallest absolute Gasteiger partial charge is 0.417 e. The predicted octanol–water partition coefficient (Wildman–Crippen LogP) is 0.684. The van der Waals surface area contributed by atoms with Crippen molar-refractivity contribution in [2.24, 2.45) is 5.73 Å². The van der Waals surface area contributed by atoms with Gasteiger partial charge in [0.2, 0.25) is 0 Å². The summed E-state index contributed by atoms with van der Waals surface area (Å²) in [6.07, 6.45) is 0. The highest BCUT2D eigenvalue weighted by Gasteiger charge is 2.17. The highest BCUT2D eigenvalue weighted by Crippen LogP contribution is 2.17. The zero-order valence-corrected chi connectivity index (χ0v) is 9.23. The lowest BCUT2D eigenvalue weighted by molar-refractivity contribution is -0.144. The molecule has 1 unspecified atom stereocenters. The first-order valence-corrected chi connectivity index (χ1v) is 5.17. The predicted molar refractivity (Wildman–Crippen MR) is 60.4 cm³/mol. The summed E-state index contributed by atoms with van der Waals surface area (Å²) in [4.78, 5) is 24.9. The summed E-state index contributed by atoms with van der Waals surface area (Å²) in [7, 11) is 0. The van der Waals surface area contributed by atoms with Gasteiger partial charge < -0.3 is 14.9 Å². The Morgan fingerprint density at radius 2 is 2.35 bits per heavy atom. The zero-order chi connectivity index (χ0) is 12.4. The lowest BCUT2D eigenvalue weighted by Crippen LogP contribution is -2.23. The van der Waals surface area contributed by atoms with Gasteiger partial charge in [0.1, 0.15) is 6.04 Å². The van der Waals surface area contributed by atoms with Crippen LogP contribution >= 0.6 is 0 Å². The van der Waals surface area contributed by atoms with E-state index in [0.29, 0.717) is 16.7 Å². The van der Waals surface area contributed by atoms with Crippen LogP contribution in [0.4, 0.5) is 0 Å².